The monoisotopic (exact) mass is 258 g/mol. The molecule has 102 valence electrons. The molecule has 0 rings (SSSR count). The zero-order valence-electron chi connectivity index (χ0n) is 12.0. The Hall–Kier alpha value is -2.36. The van der Waals surface area contributed by atoms with Crippen LogP contribution in [0.15, 0.2) is 70.7 Å². The van der Waals surface area contributed by atoms with Crippen molar-refractivity contribution in [2.45, 2.75) is 20.8 Å². The van der Waals surface area contributed by atoms with Gasteiger partial charge < -0.3 is 10.6 Å². The number of allylic oxidation sites excluding steroid dienone is 4. The van der Waals surface area contributed by atoms with Crippen LogP contribution in [-0.4, -0.2) is 12.7 Å². The highest BCUT2D eigenvalue weighted by Crippen LogP contribution is 2.03. The topological polar surface area (TPSA) is 48.8 Å². The van der Waals surface area contributed by atoms with Crippen molar-refractivity contribution in [3.8, 4) is 0 Å². The van der Waals surface area contributed by atoms with Crippen LogP contribution in [0.3, 0.4) is 0 Å². The van der Waals surface area contributed by atoms with Gasteiger partial charge in [0, 0.05) is 5.70 Å². The van der Waals surface area contributed by atoms with Gasteiger partial charge in [0.1, 0.15) is 5.82 Å². The molecule has 0 aliphatic heterocycles. The van der Waals surface area contributed by atoms with E-state index < -0.39 is 0 Å². The molecule has 2 N–H and O–H groups in total. The lowest BCUT2D eigenvalue weighted by atomic mass is 10.2. The third-order valence-electron chi connectivity index (χ3n) is 1.96. The smallest absolute Gasteiger partial charge is 0.228 e. The first-order chi connectivity index (χ1) is 8.94. The second-order valence-electron chi connectivity index (χ2n) is 4.07. The van der Waals surface area contributed by atoms with Gasteiger partial charge in [0.05, 0.1) is 0 Å². The van der Waals surface area contributed by atoms with Crippen LogP contribution in [0.4, 0.5) is 0 Å². The van der Waals surface area contributed by atoms with Crippen molar-refractivity contribution >= 4 is 12.7 Å². The van der Waals surface area contributed by atoms with Gasteiger partial charge in [-0.05, 0) is 51.4 Å². The zero-order valence-corrected chi connectivity index (χ0v) is 12.0. The van der Waals surface area contributed by atoms with Gasteiger partial charge in [-0.25, -0.2) is 4.99 Å². The molecule has 0 aromatic carbocycles. The summed E-state index contributed by atoms with van der Waals surface area (Å²) in [6.45, 7) is 20.4. The third-order valence-corrected chi connectivity index (χ3v) is 1.96. The number of hydrogen-bond acceptors (Lipinski definition) is 2. The molecule has 4 heteroatoms. The molecule has 0 heterocycles. The van der Waals surface area contributed by atoms with Crippen LogP contribution in [-0.2, 0) is 0 Å². The molecule has 0 radical (unpaired) electrons. The Balaban J connectivity index is 5.27. The van der Waals surface area contributed by atoms with E-state index in [2.05, 4.69) is 47.1 Å². The Morgan fingerprint density at radius 1 is 1.16 bits per heavy atom. The highest BCUT2D eigenvalue weighted by molar-refractivity contribution is 5.86. The van der Waals surface area contributed by atoms with Gasteiger partial charge in [-0.2, -0.15) is 4.99 Å². The third kappa shape index (κ3) is 6.83. The summed E-state index contributed by atoms with van der Waals surface area (Å²) in [5.41, 5.74) is 2.66. The molecule has 0 aliphatic rings. The molecule has 0 atom stereocenters. The second kappa shape index (κ2) is 8.69. The van der Waals surface area contributed by atoms with Crippen molar-refractivity contribution in [2.24, 2.45) is 9.98 Å². The average molecular weight is 258 g/mol. The van der Waals surface area contributed by atoms with Crippen molar-refractivity contribution in [3.63, 3.8) is 0 Å². The largest absolute Gasteiger partial charge is 0.347 e. The van der Waals surface area contributed by atoms with E-state index in [9.17, 15) is 0 Å². The van der Waals surface area contributed by atoms with Crippen LogP contribution in [0.5, 0.6) is 0 Å². The van der Waals surface area contributed by atoms with Crippen LogP contribution < -0.4 is 10.6 Å². The van der Waals surface area contributed by atoms with Crippen molar-refractivity contribution in [1.29, 1.82) is 0 Å². The molecule has 19 heavy (non-hydrogen) atoms. The molecule has 0 unspecified atom stereocenters. The van der Waals surface area contributed by atoms with Gasteiger partial charge in [-0.3, -0.25) is 0 Å². The van der Waals surface area contributed by atoms with E-state index in [1.165, 1.54) is 0 Å². The molecule has 0 fully saturated rings. The van der Waals surface area contributed by atoms with Crippen LogP contribution in [0.1, 0.15) is 20.8 Å². The van der Waals surface area contributed by atoms with E-state index >= 15 is 0 Å². The van der Waals surface area contributed by atoms with E-state index in [0.29, 0.717) is 11.8 Å². The quantitative estimate of drug-likeness (QED) is 0.436. The summed E-state index contributed by atoms with van der Waals surface area (Å²) in [5.74, 6) is 1.04. The molecule has 0 saturated carbocycles. The first-order valence-corrected chi connectivity index (χ1v) is 5.81. The molecule has 4 nitrogen and oxygen atoms in total. The maximum Gasteiger partial charge on any atom is 0.228 e. The zero-order chi connectivity index (χ0) is 14.8. The van der Waals surface area contributed by atoms with E-state index in [1.807, 2.05) is 26.8 Å². The molecule has 0 spiro atoms. The first-order valence-electron chi connectivity index (χ1n) is 5.81. The molecule has 0 aliphatic carbocycles. The number of nitrogens with one attached hydrogen (secondary N) is 2. The number of aliphatic imine (C=N–C) groups is 2. The van der Waals surface area contributed by atoms with Crippen LogP contribution in [0, 0.1) is 0 Å². The van der Waals surface area contributed by atoms with Gasteiger partial charge in [0.2, 0.25) is 5.96 Å². The van der Waals surface area contributed by atoms with E-state index in [1.54, 1.807) is 12.3 Å². The second-order valence-corrected chi connectivity index (χ2v) is 4.07. The molecule has 0 amide bonds. The highest BCUT2D eigenvalue weighted by Gasteiger charge is 2.01. The van der Waals surface area contributed by atoms with E-state index in [0.717, 1.165) is 16.8 Å². The Labute approximate surface area is 115 Å². The lowest BCUT2D eigenvalue weighted by Crippen LogP contribution is -2.21. The van der Waals surface area contributed by atoms with Gasteiger partial charge >= 0.3 is 0 Å². The fourth-order valence-electron chi connectivity index (χ4n) is 1.13. The first kappa shape index (κ1) is 16.6. The van der Waals surface area contributed by atoms with Crippen molar-refractivity contribution in [2.75, 3.05) is 0 Å². The maximum atomic E-state index is 4.33. The van der Waals surface area contributed by atoms with Crippen molar-refractivity contribution < 1.29 is 0 Å². The predicted octanol–water partition coefficient (Wildman–Crippen LogP) is 3.26. The Bertz CT molecular complexity index is 461. The summed E-state index contributed by atoms with van der Waals surface area (Å²) < 4.78 is 0. The van der Waals surface area contributed by atoms with Gasteiger partial charge in [0.25, 0.3) is 0 Å². The number of nitrogens with zero attached hydrogens (tertiary/aromatic N) is 2. The fraction of sp³-hybridized carbons (Fsp3) is 0.200. The lowest BCUT2D eigenvalue weighted by Gasteiger charge is -2.09. The minimum atomic E-state index is 0.373. The maximum absolute atomic E-state index is 4.33. The van der Waals surface area contributed by atoms with Crippen LogP contribution in [0.25, 0.3) is 0 Å². The van der Waals surface area contributed by atoms with Crippen molar-refractivity contribution in [1.82, 2.24) is 10.6 Å². The summed E-state index contributed by atoms with van der Waals surface area (Å²) in [6.07, 6.45) is 5.07. The molecule has 0 aromatic rings. The molecular weight excluding hydrogens is 236 g/mol. The minimum absolute atomic E-state index is 0.373. The molecular formula is C15H22N4. The Morgan fingerprint density at radius 2 is 1.79 bits per heavy atom. The summed E-state index contributed by atoms with van der Waals surface area (Å²) in [6, 6.07) is 0. The minimum Gasteiger partial charge on any atom is -0.347 e. The van der Waals surface area contributed by atoms with Gasteiger partial charge in [-0.1, -0.05) is 25.3 Å². The van der Waals surface area contributed by atoms with Crippen molar-refractivity contribution in [3.05, 3.63) is 60.8 Å². The summed E-state index contributed by atoms with van der Waals surface area (Å²) in [7, 11) is 0. The normalized spacial score (nSPS) is 11.3. The standard InChI is InChI=1S/C15H22N4/c1-8-13(10-11(3)4)18-15(16-7)19-14(12(5)6)17-9-2/h8-10,17H,1-3,7H2,4-6H3,(H,18,19)/b13-10+. The fourth-order valence-corrected chi connectivity index (χ4v) is 1.13. The van der Waals surface area contributed by atoms with Gasteiger partial charge in [-0.15, -0.1) is 0 Å². The molecule has 0 bridgehead atoms. The SMILES string of the molecule is C=CNC(/N=C(\N=C)N/C(C=C)=C/C(=C)C)=C(C)C. The Morgan fingerprint density at radius 3 is 2.16 bits per heavy atom. The summed E-state index contributed by atoms with van der Waals surface area (Å²) >= 11 is 0. The molecule has 0 aromatic heterocycles. The number of rotatable bonds is 6. The lowest BCUT2D eigenvalue weighted by molar-refractivity contribution is 0.972. The van der Waals surface area contributed by atoms with E-state index in [4.69, 9.17) is 0 Å². The predicted molar refractivity (Wildman–Crippen MR) is 84.9 cm³/mol. The Kier molecular flexibility index (Phi) is 7.61. The molecule has 0 saturated heterocycles. The average Bonchev–Trinajstić information content (AvgIpc) is 2.35. The van der Waals surface area contributed by atoms with Gasteiger partial charge in [0.15, 0.2) is 0 Å². The number of hydrogen-bond donors (Lipinski definition) is 2. The summed E-state index contributed by atoms with van der Waals surface area (Å²) in [4.78, 5) is 8.18. The van der Waals surface area contributed by atoms with Crippen LogP contribution in [0.2, 0.25) is 0 Å². The van der Waals surface area contributed by atoms with E-state index in [-0.39, 0.29) is 0 Å². The number of guanidine groups is 1. The summed E-state index contributed by atoms with van der Waals surface area (Å²) in [5, 5.41) is 5.97. The highest BCUT2D eigenvalue weighted by atomic mass is 15.2. The van der Waals surface area contributed by atoms with Crippen LogP contribution >= 0.6 is 0 Å².